The maximum Gasteiger partial charge on any atom is 0.160 e. The summed E-state index contributed by atoms with van der Waals surface area (Å²) in [6.07, 6.45) is 12.1. The Labute approximate surface area is 176 Å². The summed E-state index contributed by atoms with van der Waals surface area (Å²) >= 11 is 0. The largest absolute Gasteiger partial charge is 0.380 e. The van der Waals surface area contributed by atoms with Gasteiger partial charge in [0.15, 0.2) is 6.29 Å². The van der Waals surface area contributed by atoms with Gasteiger partial charge in [0.05, 0.1) is 19.8 Å². The van der Waals surface area contributed by atoms with Crippen LogP contribution in [-0.2, 0) is 27.2 Å². The SMILES string of the molecule is CCCCCC1COC(C2CCC(CCc3ccc(COC)c(F)c3)CC2)OC1. The molecule has 1 saturated heterocycles. The minimum Gasteiger partial charge on any atom is -0.380 e. The van der Waals surface area contributed by atoms with Crippen LogP contribution in [0.4, 0.5) is 4.39 Å². The molecule has 0 spiro atoms. The van der Waals surface area contributed by atoms with Crippen LogP contribution in [0.25, 0.3) is 0 Å². The molecule has 164 valence electrons. The fourth-order valence-corrected chi connectivity index (χ4v) is 4.82. The van der Waals surface area contributed by atoms with Gasteiger partial charge in [-0.05, 0) is 62.5 Å². The molecule has 2 aliphatic rings. The van der Waals surface area contributed by atoms with Gasteiger partial charge in [0.1, 0.15) is 5.82 Å². The van der Waals surface area contributed by atoms with Crippen molar-refractivity contribution >= 4 is 0 Å². The average molecular weight is 407 g/mol. The molecule has 1 aromatic carbocycles. The Kier molecular flexibility index (Phi) is 9.41. The monoisotopic (exact) mass is 406 g/mol. The quantitative estimate of drug-likeness (QED) is 0.428. The lowest BCUT2D eigenvalue weighted by atomic mass is 9.79. The first kappa shape index (κ1) is 22.7. The van der Waals surface area contributed by atoms with E-state index in [0.717, 1.165) is 37.5 Å². The van der Waals surface area contributed by atoms with Crippen molar-refractivity contribution < 1.29 is 18.6 Å². The van der Waals surface area contributed by atoms with Crippen molar-refractivity contribution in [3.05, 3.63) is 35.1 Å². The van der Waals surface area contributed by atoms with Gasteiger partial charge < -0.3 is 14.2 Å². The summed E-state index contributed by atoms with van der Waals surface area (Å²) in [5, 5.41) is 0. The second-order valence-electron chi connectivity index (χ2n) is 9.08. The summed E-state index contributed by atoms with van der Waals surface area (Å²) in [4.78, 5) is 0. The Hall–Kier alpha value is -0.970. The number of aryl methyl sites for hydroxylation is 1. The van der Waals surface area contributed by atoms with E-state index < -0.39 is 0 Å². The first-order valence-electron chi connectivity index (χ1n) is 11.7. The summed E-state index contributed by atoms with van der Waals surface area (Å²) in [7, 11) is 1.60. The predicted octanol–water partition coefficient (Wildman–Crippen LogP) is 6.28. The van der Waals surface area contributed by atoms with Crippen molar-refractivity contribution in [1.29, 1.82) is 0 Å². The van der Waals surface area contributed by atoms with E-state index >= 15 is 0 Å². The minimum atomic E-state index is -0.146. The van der Waals surface area contributed by atoms with Crippen LogP contribution < -0.4 is 0 Å². The standard InChI is InChI=1S/C25H39FO3/c1-3-4-5-6-21-16-28-25(29-17-21)22-12-9-19(10-13-22)7-8-20-11-14-23(18-27-2)24(26)15-20/h11,14-15,19,21-22,25H,3-10,12-13,16-18H2,1-2H3. The van der Waals surface area contributed by atoms with Crippen molar-refractivity contribution in [1.82, 2.24) is 0 Å². The Morgan fingerprint density at radius 2 is 1.76 bits per heavy atom. The lowest BCUT2D eigenvalue weighted by Gasteiger charge is -2.37. The molecule has 3 nitrogen and oxygen atoms in total. The molecule has 0 N–H and O–H groups in total. The van der Waals surface area contributed by atoms with Gasteiger partial charge in [-0.3, -0.25) is 0 Å². The van der Waals surface area contributed by atoms with Crippen molar-refractivity contribution in [3.63, 3.8) is 0 Å². The third-order valence-corrected chi connectivity index (χ3v) is 6.74. The molecule has 0 amide bonds. The molecule has 1 aromatic rings. The third-order valence-electron chi connectivity index (χ3n) is 6.74. The van der Waals surface area contributed by atoms with E-state index in [-0.39, 0.29) is 12.1 Å². The molecular formula is C25H39FO3. The number of hydrogen-bond donors (Lipinski definition) is 0. The first-order chi connectivity index (χ1) is 14.2. The fourth-order valence-electron chi connectivity index (χ4n) is 4.82. The summed E-state index contributed by atoms with van der Waals surface area (Å²) < 4.78 is 31.3. The lowest BCUT2D eigenvalue weighted by Crippen LogP contribution is -2.38. The zero-order valence-corrected chi connectivity index (χ0v) is 18.3. The van der Waals surface area contributed by atoms with Gasteiger partial charge in [-0.2, -0.15) is 0 Å². The Morgan fingerprint density at radius 3 is 2.41 bits per heavy atom. The van der Waals surface area contributed by atoms with Crippen LogP contribution in [0, 0.1) is 23.6 Å². The Balaban J connectivity index is 1.34. The van der Waals surface area contributed by atoms with Crippen molar-refractivity contribution in [3.8, 4) is 0 Å². The fraction of sp³-hybridized carbons (Fsp3) is 0.760. The van der Waals surface area contributed by atoms with E-state index in [2.05, 4.69) is 6.92 Å². The second kappa shape index (κ2) is 12.0. The predicted molar refractivity (Wildman–Crippen MR) is 114 cm³/mol. The summed E-state index contributed by atoms with van der Waals surface area (Å²) in [6.45, 7) is 4.33. The first-order valence-corrected chi connectivity index (χ1v) is 11.7. The van der Waals surface area contributed by atoms with Gasteiger partial charge in [0, 0.05) is 24.5 Å². The summed E-state index contributed by atoms with van der Waals surface area (Å²) in [5.41, 5.74) is 1.73. The molecule has 1 heterocycles. The topological polar surface area (TPSA) is 27.7 Å². The van der Waals surface area contributed by atoms with Gasteiger partial charge in [-0.1, -0.05) is 38.3 Å². The van der Waals surface area contributed by atoms with Gasteiger partial charge in [-0.15, -0.1) is 0 Å². The van der Waals surface area contributed by atoms with Crippen molar-refractivity contribution in [2.75, 3.05) is 20.3 Å². The molecular weight excluding hydrogens is 367 g/mol. The van der Waals surface area contributed by atoms with Crippen LogP contribution in [0.1, 0.15) is 75.8 Å². The molecule has 0 radical (unpaired) electrons. The van der Waals surface area contributed by atoms with Gasteiger partial charge in [0.25, 0.3) is 0 Å². The minimum absolute atomic E-state index is 0.0146. The molecule has 0 aromatic heterocycles. The van der Waals surface area contributed by atoms with E-state index in [1.807, 2.05) is 12.1 Å². The van der Waals surface area contributed by atoms with Crippen LogP contribution >= 0.6 is 0 Å². The third kappa shape index (κ3) is 7.04. The smallest absolute Gasteiger partial charge is 0.160 e. The highest BCUT2D eigenvalue weighted by Crippen LogP contribution is 2.36. The zero-order chi connectivity index (χ0) is 20.5. The van der Waals surface area contributed by atoms with Gasteiger partial charge in [-0.25, -0.2) is 4.39 Å². The molecule has 3 rings (SSSR count). The maximum absolute atomic E-state index is 14.1. The van der Waals surface area contributed by atoms with E-state index in [9.17, 15) is 4.39 Å². The van der Waals surface area contributed by atoms with Crippen LogP contribution in [0.5, 0.6) is 0 Å². The number of unbranched alkanes of at least 4 members (excludes halogenated alkanes) is 2. The average Bonchev–Trinajstić information content (AvgIpc) is 2.75. The number of hydrogen-bond acceptors (Lipinski definition) is 3. The van der Waals surface area contributed by atoms with Crippen molar-refractivity contribution in [2.24, 2.45) is 17.8 Å². The number of benzene rings is 1. The molecule has 4 heteroatoms. The molecule has 2 fully saturated rings. The highest BCUT2D eigenvalue weighted by molar-refractivity contribution is 5.24. The van der Waals surface area contributed by atoms with Crippen LogP contribution in [-0.4, -0.2) is 26.6 Å². The molecule has 0 bridgehead atoms. The number of rotatable bonds is 10. The van der Waals surface area contributed by atoms with Gasteiger partial charge >= 0.3 is 0 Å². The highest BCUT2D eigenvalue weighted by Gasteiger charge is 2.32. The Morgan fingerprint density at radius 1 is 1.00 bits per heavy atom. The van der Waals surface area contributed by atoms with E-state index in [1.54, 1.807) is 13.2 Å². The molecule has 0 unspecified atom stereocenters. The molecule has 29 heavy (non-hydrogen) atoms. The van der Waals surface area contributed by atoms with Crippen LogP contribution in [0.3, 0.4) is 0 Å². The number of halogens is 1. The van der Waals surface area contributed by atoms with Crippen LogP contribution in [0.2, 0.25) is 0 Å². The number of methoxy groups -OCH3 is 1. The maximum atomic E-state index is 14.1. The van der Waals surface area contributed by atoms with Crippen molar-refractivity contribution in [2.45, 2.75) is 84.0 Å². The van der Waals surface area contributed by atoms with Gasteiger partial charge in [0.2, 0.25) is 0 Å². The second-order valence-corrected chi connectivity index (χ2v) is 9.08. The number of ether oxygens (including phenoxy) is 3. The molecule has 0 atom stereocenters. The summed E-state index contributed by atoms with van der Waals surface area (Å²) in [6, 6.07) is 5.59. The van der Waals surface area contributed by atoms with E-state index in [1.165, 1.54) is 51.4 Å². The normalized spacial score (nSPS) is 27.8. The van der Waals surface area contributed by atoms with Crippen LogP contribution in [0.15, 0.2) is 18.2 Å². The summed E-state index contributed by atoms with van der Waals surface area (Å²) in [5.74, 6) is 1.73. The molecule has 1 saturated carbocycles. The molecule has 1 aliphatic carbocycles. The zero-order valence-electron chi connectivity index (χ0n) is 18.3. The van der Waals surface area contributed by atoms with E-state index in [4.69, 9.17) is 14.2 Å². The Bertz CT molecular complexity index is 590. The highest BCUT2D eigenvalue weighted by atomic mass is 19.1. The molecule has 1 aliphatic heterocycles. The van der Waals surface area contributed by atoms with E-state index in [0.29, 0.717) is 24.0 Å². The lowest BCUT2D eigenvalue weighted by molar-refractivity contribution is -0.230.